The Morgan fingerprint density at radius 1 is 1.16 bits per heavy atom. The molecule has 0 radical (unpaired) electrons. The van der Waals surface area contributed by atoms with Crippen LogP contribution in [0.15, 0.2) is 24.3 Å². The molecular formula is C15H24N2O2. The molecule has 106 valence electrons. The Bertz CT molecular complexity index is 359. The lowest BCUT2D eigenvalue weighted by Crippen LogP contribution is -2.37. The van der Waals surface area contributed by atoms with Crippen molar-refractivity contribution in [3.8, 4) is 0 Å². The number of nitrogens with two attached hydrogens (primary N) is 1. The van der Waals surface area contributed by atoms with Crippen molar-refractivity contribution in [1.29, 1.82) is 0 Å². The smallest absolute Gasteiger partial charge is 0.0704 e. The third kappa shape index (κ3) is 4.20. The van der Waals surface area contributed by atoms with Crippen LogP contribution in [0, 0.1) is 0 Å². The maximum Gasteiger partial charge on any atom is 0.0704 e. The van der Waals surface area contributed by atoms with Crippen molar-refractivity contribution in [2.45, 2.75) is 25.5 Å². The Hall–Kier alpha value is -1.10. The second-order valence-corrected chi connectivity index (χ2v) is 4.92. The molecular weight excluding hydrogens is 240 g/mol. The molecule has 4 nitrogen and oxygen atoms in total. The van der Waals surface area contributed by atoms with E-state index in [1.165, 1.54) is 11.3 Å². The van der Waals surface area contributed by atoms with Gasteiger partial charge in [0.25, 0.3) is 0 Å². The van der Waals surface area contributed by atoms with Gasteiger partial charge in [-0.2, -0.15) is 0 Å². The Kier molecular flexibility index (Phi) is 5.63. The summed E-state index contributed by atoms with van der Waals surface area (Å²) in [5, 5.41) is 0. The number of benzene rings is 1. The normalized spacial score (nSPS) is 16.8. The number of rotatable bonds is 6. The number of anilines is 1. The van der Waals surface area contributed by atoms with E-state index < -0.39 is 0 Å². The van der Waals surface area contributed by atoms with E-state index in [1.807, 2.05) is 0 Å². The number of ether oxygens (including phenoxy) is 2. The van der Waals surface area contributed by atoms with Gasteiger partial charge in [-0.1, -0.05) is 12.1 Å². The van der Waals surface area contributed by atoms with Gasteiger partial charge in [0.2, 0.25) is 0 Å². The predicted octanol–water partition coefficient (Wildman–Crippen LogP) is 1.78. The average molecular weight is 264 g/mol. The Morgan fingerprint density at radius 3 is 2.42 bits per heavy atom. The van der Waals surface area contributed by atoms with Crippen LogP contribution >= 0.6 is 0 Å². The maximum atomic E-state index is 5.78. The molecule has 0 amide bonds. The van der Waals surface area contributed by atoms with Crippen molar-refractivity contribution in [3.63, 3.8) is 0 Å². The van der Waals surface area contributed by atoms with Crippen LogP contribution in [0.25, 0.3) is 0 Å². The summed E-state index contributed by atoms with van der Waals surface area (Å²) in [6, 6.07) is 8.54. The lowest BCUT2D eigenvalue weighted by atomic mass is 10.1. The highest BCUT2D eigenvalue weighted by Gasteiger charge is 2.19. The van der Waals surface area contributed by atoms with E-state index in [0.717, 1.165) is 25.9 Å². The molecule has 0 spiro atoms. The molecule has 1 heterocycles. The fraction of sp³-hybridized carbons (Fsp3) is 0.600. The van der Waals surface area contributed by atoms with E-state index in [2.05, 4.69) is 29.2 Å². The molecule has 19 heavy (non-hydrogen) atoms. The third-order valence-corrected chi connectivity index (χ3v) is 3.62. The molecule has 0 aliphatic carbocycles. The van der Waals surface area contributed by atoms with Crippen LogP contribution in [0.2, 0.25) is 0 Å². The number of hydrogen-bond acceptors (Lipinski definition) is 4. The largest absolute Gasteiger partial charge is 0.382 e. The number of methoxy groups -OCH3 is 1. The van der Waals surface area contributed by atoms with Crippen molar-refractivity contribution in [2.75, 3.05) is 38.3 Å². The summed E-state index contributed by atoms with van der Waals surface area (Å²) < 4.78 is 10.8. The molecule has 4 heteroatoms. The van der Waals surface area contributed by atoms with Gasteiger partial charge < -0.3 is 20.1 Å². The molecule has 1 aliphatic heterocycles. The summed E-state index contributed by atoms with van der Waals surface area (Å²) >= 11 is 0. The highest BCUT2D eigenvalue weighted by Crippen LogP contribution is 2.21. The first kappa shape index (κ1) is 14.3. The van der Waals surface area contributed by atoms with Crippen LogP contribution in [-0.2, 0) is 16.0 Å². The molecule has 0 atom stereocenters. The van der Waals surface area contributed by atoms with Crippen molar-refractivity contribution >= 4 is 5.69 Å². The van der Waals surface area contributed by atoms with E-state index >= 15 is 0 Å². The van der Waals surface area contributed by atoms with Gasteiger partial charge in [-0.25, -0.2) is 0 Å². The number of hydrogen-bond donors (Lipinski definition) is 1. The fourth-order valence-corrected chi connectivity index (χ4v) is 2.42. The molecule has 0 saturated carbocycles. The lowest BCUT2D eigenvalue weighted by Gasteiger charge is -2.33. The van der Waals surface area contributed by atoms with Crippen molar-refractivity contribution < 1.29 is 9.47 Å². The van der Waals surface area contributed by atoms with Gasteiger partial charge in [-0.05, 0) is 30.5 Å². The van der Waals surface area contributed by atoms with Gasteiger partial charge in [0.05, 0.1) is 19.3 Å². The fourth-order valence-electron chi connectivity index (χ4n) is 2.42. The van der Waals surface area contributed by atoms with Crippen LogP contribution in [-0.4, -0.2) is 39.5 Å². The van der Waals surface area contributed by atoms with Crippen LogP contribution in [0.3, 0.4) is 0 Å². The molecule has 1 fully saturated rings. The SMILES string of the molecule is COCCOC1CCN(c2ccc(CN)cc2)CC1. The summed E-state index contributed by atoms with van der Waals surface area (Å²) in [7, 11) is 1.71. The molecule has 2 rings (SSSR count). The van der Waals surface area contributed by atoms with Crippen LogP contribution in [0.5, 0.6) is 0 Å². The number of nitrogens with zero attached hydrogens (tertiary/aromatic N) is 1. The van der Waals surface area contributed by atoms with Crippen molar-refractivity contribution in [2.24, 2.45) is 5.73 Å². The Balaban J connectivity index is 1.78. The standard InChI is InChI=1S/C15H24N2O2/c1-18-10-11-19-15-6-8-17(9-7-15)14-4-2-13(12-16)3-5-14/h2-5,15H,6-12,16H2,1H3. The molecule has 1 aromatic carbocycles. The van der Waals surface area contributed by atoms with Gasteiger partial charge in [0.1, 0.15) is 0 Å². The summed E-state index contributed by atoms with van der Waals surface area (Å²) in [4.78, 5) is 2.41. The molecule has 0 aromatic heterocycles. The first-order valence-electron chi connectivity index (χ1n) is 6.98. The summed E-state index contributed by atoms with van der Waals surface area (Å²) in [5.74, 6) is 0. The van der Waals surface area contributed by atoms with Gasteiger partial charge >= 0.3 is 0 Å². The summed E-state index contributed by atoms with van der Waals surface area (Å²) in [5.41, 5.74) is 8.08. The topological polar surface area (TPSA) is 47.7 Å². The number of piperidine rings is 1. The van der Waals surface area contributed by atoms with E-state index in [4.69, 9.17) is 15.2 Å². The lowest BCUT2D eigenvalue weighted by molar-refractivity contribution is 0.00610. The quantitative estimate of drug-likeness (QED) is 0.796. The highest BCUT2D eigenvalue weighted by atomic mass is 16.5. The minimum absolute atomic E-state index is 0.384. The van der Waals surface area contributed by atoms with Crippen LogP contribution < -0.4 is 10.6 Å². The van der Waals surface area contributed by atoms with E-state index in [9.17, 15) is 0 Å². The first-order chi connectivity index (χ1) is 9.33. The first-order valence-corrected chi connectivity index (χ1v) is 6.98. The molecule has 0 bridgehead atoms. The van der Waals surface area contributed by atoms with E-state index in [0.29, 0.717) is 25.9 Å². The highest BCUT2D eigenvalue weighted by molar-refractivity contribution is 5.48. The van der Waals surface area contributed by atoms with Crippen molar-refractivity contribution in [3.05, 3.63) is 29.8 Å². The predicted molar refractivity (Wildman–Crippen MR) is 77.4 cm³/mol. The zero-order valence-corrected chi connectivity index (χ0v) is 11.7. The van der Waals surface area contributed by atoms with Gasteiger partial charge in [-0.15, -0.1) is 0 Å². The van der Waals surface area contributed by atoms with E-state index in [1.54, 1.807) is 7.11 Å². The zero-order chi connectivity index (χ0) is 13.5. The van der Waals surface area contributed by atoms with Gasteiger partial charge in [0.15, 0.2) is 0 Å². The summed E-state index contributed by atoms with van der Waals surface area (Å²) in [6.07, 6.45) is 2.56. The molecule has 1 aromatic rings. The van der Waals surface area contributed by atoms with Gasteiger partial charge in [0, 0.05) is 32.4 Å². The molecule has 1 saturated heterocycles. The second-order valence-electron chi connectivity index (χ2n) is 4.92. The monoisotopic (exact) mass is 264 g/mol. The maximum absolute atomic E-state index is 5.78. The minimum atomic E-state index is 0.384. The average Bonchev–Trinajstić information content (AvgIpc) is 2.48. The van der Waals surface area contributed by atoms with Crippen molar-refractivity contribution in [1.82, 2.24) is 0 Å². The Morgan fingerprint density at radius 2 is 1.84 bits per heavy atom. The van der Waals surface area contributed by atoms with E-state index in [-0.39, 0.29) is 0 Å². The Labute approximate surface area is 115 Å². The third-order valence-electron chi connectivity index (χ3n) is 3.62. The minimum Gasteiger partial charge on any atom is -0.382 e. The zero-order valence-electron chi connectivity index (χ0n) is 11.7. The summed E-state index contributed by atoms with van der Waals surface area (Å²) in [6.45, 7) is 4.10. The van der Waals surface area contributed by atoms with Crippen LogP contribution in [0.1, 0.15) is 18.4 Å². The molecule has 0 unspecified atom stereocenters. The molecule has 2 N–H and O–H groups in total. The molecule has 1 aliphatic rings. The van der Waals surface area contributed by atoms with Gasteiger partial charge in [-0.3, -0.25) is 0 Å². The van der Waals surface area contributed by atoms with Crippen LogP contribution in [0.4, 0.5) is 5.69 Å². The second kappa shape index (κ2) is 7.48.